The molecule has 4 aliphatic rings. The van der Waals surface area contributed by atoms with E-state index in [9.17, 15) is 4.79 Å². The van der Waals surface area contributed by atoms with Gasteiger partial charge in [0.25, 0.3) is 0 Å². The second-order valence-corrected chi connectivity index (χ2v) is 10.4. The molecule has 0 radical (unpaired) electrons. The number of methoxy groups -OCH3 is 1. The molecule has 1 spiro atoms. The number of hydrogen-bond donors (Lipinski definition) is 0. The molecule has 2 bridgehead atoms. The van der Waals surface area contributed by atoms with Gasteiger partial charge in [0.1, 0.15) is 5.01 Å². The van der Waals surface area contributed by atoms with E-state index in [1.165, 1.54) is 11.1 Å². The molecule has 2 aliphatic carbocycles. The molecular formula is C24H27N3O3S. The van der Waals surface area contributed by atoms with Crippen molar-refractivity contribution in [2.45, 2.75) is 51.0 Å². The van der Waals surface area contributed by atoms with E-state index in [2.05, 4.69) is 36.2 Å². The maximum atomic E-state index is 13.9. The monoisotopic (exact) mass is 437 g/mol. The summed E-state index contributed by atoms with van der Waals surface area (Å²) in [4.78, 5) is 25.5. The summed E-state index contributed by atoms with van der Waals surface area (Å²) in [5.74, 6) is 0.371. The maximum Gasteiger partial charge on any atom is 0.229 e. The molecule has 1 unspecified atom stereocenters. The molecule has 2 aliphatic heterocycles. The van der Waals surface area contributed by atoms with Gasteiger partial charge in [0.2, 0.25) is 12.1 Å². The van der Waals surface area contributed by atoms with E-state index in [1.807, 2.05) is 17.2 Å². The molecule has 1 aromatic heterocycles. The van der Waals surface area contributed by atoms with Gasteiger partial charge in [-0.2, -0.15) is 0 Å². The number of nitrogens with zero attached hydrogens (tertiary/aromatic N) is 3. The van der Waals surface area contributed by atoms with Crippen LogP contribution < -0.4 is 0 Å². The van der Waals surface area contributed by atoms with Crippen molar-refractivity contribution in [3.63, 3.8) is 0 Å². The summed E-state index contributed by atoms with van der Waals surface area (Å²) in [6.07, 6.45) is 1.98. The van der Waals surface area contributed by atoms with Crippen LogP contribution in [0.15, 0.2) is 34.6 Å². The molecular weight excluding hydrogens is 410 g/mol. The number of carbonyl (C=O) groups is 1. The van der Waals surface area contributed by atoms with E-state index >= 15 is 0 Å². The van der Waals surface area contributed by atoms with Crippen LogP contribution in [0.1, 0.15) is 53.7 Å². The summed E-state index contributed by atoms with van der Waals surface area (Å²) >= 11 is 1.58. The molecule has 1 saturated carbocycles. The molecule has 1 amide bonds. The average molecular weight is 438 g/mol. The molecule has 2 aromatic rings. The molecule has 162 valence electrons. The van der Waals surface area contributed by atoms with Crippen molar-refractivity contribution in [1.82, 2.24) is 9.88 Å². The molecule has 2 fully saturated rings. The van der Waals surface area contributed by atoms with Gasteiger partial charge in [-0.3, -0.25) is 9.79 Å². The normalized spacial score (nSPS) is 35.6. The van der Waals surface area contributed by atoms with Crippen LogP contribution >= 0.6 is 11.3 Å². The third-order valence-corrected chi connectivity index (χ3v) is 8.86. The molecule has 3 heterocycles. The Bertz CT molecular complexity index is 1100. The number of fused-ring (bicyclic) bond motifs is 5. The van der Waals surface area contributed by atoms with Crippen molar-refractivity contribution >= 4 is 23.0 Å². The number of ether oxygens (including phenoxy) is 2. The highest BCUT2D eigenvalue weighted by Crippen LogP contribution is 2.63. The van der Waals surface area contributed by atoms with Gasteiger partial charge in [0, 0.05) is 37.1 Å². The fourth-order valence-electron chi connectivity index (χ4n) is 6.37. The zero-order valence-electron chi connectivity index (χ0n) is 18.1. The van der Waals surface area contributed by atoms with Crippen molar-refractivity contribution in [1.29, 1.82) is 0 Å². The Morgan fingerprint density at radius 2 is 2.16 bits per heavy atom. The molecule has 1 saturated heterocycles. The van der Waals surface area contributed by atoms with E-state index in [-0.39, 0.29) is 23.2 Å². The van der Waals surface area contributed by atoms with Crippen LogP contribution in [0.25, 0.3) is 0 Å². The number of amides is 1. The Balaban J connectivity index is 1.48. The minimum absolute atomic E-state index is 0.0914. The first-order valence-corrected chi connectivity index (χ1v) is 11.9. The Morgan fingerprint density at radius 1 is 1.32 bits per heavy atom. The zero-order valence-corrected chi connectivity index (χ0v) is 18.9. The summed E-state index contributed by atoms with van der Waals surface area (Å²) in [5, 5.41) is 2.89. The van der Waals surface area contributed by atoms with Crippen molar-refractivity contribution < 1.29 is 14.3 Å². The fraction of sp³-hybridized carbons (Fsp3) is 0.542. The summed E-state index contributed by atoms with van der Waals surface area (Å²) in [6, 6.07) is 8.68. The Labute approximate surface area is 186 Å². The Morgan fingerprint density at radius 3 is 2.94 bits per heavy atom. The van der Waals surface area contributed by atoms with Crippen LogP contribution in [0.3, 0.4) is 0 Å². The quantitative estimate of drug-likeness (QED) is 0.729. The van der Waals surface area contributed by atoms with E-state index in [0.29, 0.717) is 19.6 Å². The first-order chi connectivity index (χ1) is 15.0. The minimum Gasteiger partial charge on any atom is -0.383 e. The Kier molecular flexibility index (Phi) is 4.23. The first-order valence-electron chi connectivity index (χ1n) is 11.0. The van der Waals surface area contributed by atoms with Gasteiger partial charge in [-0.1, -0.05) is 31.2 Å². The highest BCUT2D eigenvalue weighted by Gasteiger charge is 2.67. The standard InChI is InChI=1S/C24H27N3O3S/c1-14-13-31-21(25-14)20-26-19-10-17-16-7-5-4-6-15(16)11-23(17,2)18-12-24(19,30-20)27(22(18)28)8-9-29-3/h4-7,13,17-18,20H,8-12H2,1-3H3/t17?,18-,20-,23+,24+/m1/s1. The molecule has 0 N–H and O–H groups in total. The lowest BCUT2D eigenvalue weighted by molar-refractivity contribution is -0.151. The number of likely N-dealkylation sites (tertiary alicyclic amines) is 1. The van der Waals surface area contributed by atoms with Gasteiger partial charge in [0.15, 0.2) is 5.72 Å². The number of rotatable bonds is 4. The van der Waals surface area contributed by atoms with Gasteiger partial charge in [0.05, 0.1) is 12.3 Å². The minimum atomic E-state index is -0.771. The lowest BCUT2D eigenvalue weighted by Gasteiger charge is -2.39. The number of hydrogen-bond acceptors (Lipinski definition) is 6. The number of aryl methyl sites for hydroxylation is 1. The van der Waals surface area contributed by atoms with Gasteiger partial charge in [-0.05, 0) is 42.2 Å². The summed E-state index contributed by atoms with van der Waals surface area (Å²) < 4.78 is 12.0. The van der Waals surface area contributed by atoms with Gasteiger partial charge < -0.3 is 14.4 Å². The maximum absolute atomic E-state index is 13.9. The summed E-state index contributed by atoms with van der Waals surface area (Å²) in [7, 11) is 1.67. The van der Waals surface area contributed by atoms with Crippen molar-refractivity contribution in [3.8, 4) is 0 Å². The SMILES string of the molecule is COCCN1C(=O)[C@H]2C[C@@]13O[C@H](c1nc(C)cs1)N=C3CC1c3ccccc3C[C@@]12C. The summed E-state index contributed by atoms with van der Waals surface area (Å²) in [6.45, 7) is 5.29. The van der Waals surface area contributed by atoms with E-state index in [0.717, 1.165) is 29.3 Å². The largest absolute Gasteiger partial charge is 0.383 e. The van der Waals surface area contributed by atoms with Crippen LogP contribution in [0.4, 0.5) is 0 Å². The number of aromatic nitrogens is 1. The number of thiazole rings is 1. The van der Waals surface area contributed by atoms with Crippen molar-refractivity contribution in [3.05, 3.63) is 51.5 Å². The highest BCUT2D eigenvalue weighted by atomic mass is 32.1. The van der Waals surface area contributed by atoms with Gasteiger partial charge in [-0.25, -0.2) is 4.98 Å². The van der Waals surface area contributed by atoms with Gasteiger partial charge in [-0.15, -0.1) is 11.3 Å². The molecule has 7 heteroatoms. The van der Waals surface area contributed by atoms with Crippen LogP contribution in [0.5, 0.6) is 0 Å². The van der Waals surface area contributed by atoms with E-state index < -0.39 is 12.0 Å². The Hall–Kier alpha value is -2.09. The molecule has 6 rings (SSSR count). The van der Waals surface area contributed by atoms with Crippen LogP contribution in [0, 0.1) is 18.3 Å². The number of carbonyl (C=O) groups excluding carboxylic acids is 1. The second-order valence-electron chi connectivity index (χ2n) is 9.54. The third-order valence-electron chi connectivity index (χ3n) is 7.87. The van der Waals surface area contributed by atoms with E-state index in [1.54, 1.807) is 18.4 Å². The highest BCUT2D eigenvalue weighted by molar-refractivity contribution is 7.09. The average Bonchev–Trinajstić information content (AvgIpc) is 3.46. The fourth-order valence-corrected chi connectivity index (χ4v) is 7.12. The smallest absolute Gasteiger partial charge is 0.229 e. The summed E-state index contributed by atoms with van der Waals surface area (Å²) in [5.41, 5.74) is 3.83. The molecule has 1 aromatic carbocycles. The lowest BCUT2D eigenvalue weighted by atomic mass is 9.67. The van der Waals surface area contributed by atoms with Crippen molar-refractivity contribution in [2.75, 3.05) is 20.3 Å². The predicted molar refractivity (Wildman–Crippen MR) is 118 cm³/mol. The van der Waals surface area contributed by atoms with Gasteiger partial charge >= 0.3 is 0 Å². The van der Waals surface area contributed by atoms with Crippen molar-refractivity contribution in [2.24, 2.45) is 16.3 Å². The van der Waals surface area contributed by atoms with Crippen LogP contribution in [-0.4, -0.2) is 47.5 Å². The topological polar surface area (TPSA) is 64.0 Å². The number of benzene rings is 1. The number of aliphatic imine (C=N–C) groups is 1. The second kappa shape index (κ2) is 6.70. The van der Waals surface area contributed by atoms with Crippen LogP contribution in [-0.2, 0) is 20.7 Å². The lowest BCUT2D eigenvalue weighted by Crippen LogP contribution is -2.54. The zero-order chi connectivity index (χ0) is 21.4. The molecule has 31 heavy (non-hydrogen) atoms. The first kappa shape index (κ1) is 19.6. The van der Waals surface area contributed by atoms with E-state index in [4.69, 9.17) is 14.5 Å². The third kappa shape index (κ3) is 2.60. The van der Waals surface area contributed by atoms with Crippen LogP contribution in [0.2, 0.25) is 0 Å². The predicted octanol–water partition coefficient (Wildman–Crippen LogP) is 3.86. The molecule has 6 nitrogen and oxygen atoms in total. The molecule has 5 atom stereocenters.